The Bertz CT molecular complexity index is 3150. The van der Waals surface area contributed by atoms with E-state index in [9.17, 15) is 0 Å². The Kier molecular flexibility index (Phi) is 6.40. The lowest BCUT2D eigenvalue weighted by Crippen LogP contribution is -2.59. The van der Waals surface area contributed by atoms with E-state index in [0.717, 1.165) is 67.3 Å². The lowest BCUT2D eigenvalue weighted by molar-refractivity contribution is 0.488. The quantitative estimate of drug-likeness (QED) is 0.171. The van der Waals surface area contributed by atoms with Gasteiger partial charge in [0, 0.05) is 50.7 Å². The van der Waals surface area contributed by atoms with Gasteiger partial charge < -0.3 is 19.0 Å². The van der Waals surface area contributed by atoms with Gasteiger partial charge in [0.05, 0.1) is 5.69 Å². The molecular weight excluding hydrogens is 671 g/mol. The van der Waals surface area contributed by atoms with E-state index >= 15 is 0 Å². The lowest BCUT2D eigenvalue weighted by Gasteiger charge is -2.40. The summed E-state index contributed by atoms with van der Waals surface area (Å²) in [5, 5.41) is 6.94. The van der Waals surface area contributed by atoms with Crippen LogP contribution < -0.4 is 30.9 Å². The van der Waals surface area contributed by atoms with E-state index in [1.54, 1.807) is 0 Å². The molecule has 55 heavy (non-hydrogen) atoms. The average Bonchev–Trinajstić information content (AvgIpc) is 3.60. The van der Waals surface area contributed by atoms with Gasteiger partial charge in [-0.3, -0.25) is 0 Å². The number of anilines is 6. The summed E-state index contributed by atoms with van der Waals surface area (Å²) < 4.78 is 13.8. The van der Waals surface area contributed by atoms with Gasteiger partial charge in [-0.2, -0.15) is 0 Å². The fraction of sp³-hybridized carbons (Fsp3) is 0. The fourth-order valence-corrected chi connectivity index (χ4v) is 9.12. The smallest absolute Gasteiger partial charge is 0.257 e. The van der Waals surface area contributed by atoms with Gasteiger partial charge in [0.2, 0.25) is 0 Å². The van der Waals surface area contributed by atoms with Gasteiger partial charge in [0.25, 0.3) is 6.71 Å². The molecule has 2 aliphatic heterocycles. The lowest BCUT2D eigenvalue weighted by atomic mass is 9.33. The third-order valence-electron chi connectivity index (χ3n) is 11.5. The van der Waals surface area contributed by atoms with E-state index in [-0.39, 0.29) is 6.71 Å². The van der Waals surface area contributed by atoms with Gasteiger partial charge in [0.15, 0.2) is 0 Å². The maximum atomic E-state index is 6.90. The first-order valence-corrected chi connectivity index (χ1v) is 18.8. The van der Waals surface area contributed by atoms with E-state index in [4.69, 9.17) is 9.15 Å². The Morgan fingerprint density at radius 1 is 0.436 bits per heavy atom. The number of fused-ring (bicyclic) bond motifs is 10. The maximum Gasteiger partial charge on any atom is 0.257 e. The highest BCUT2D eigenvalue weighted by molar-refractivity contribution is 7.00. The number of para-hydroxylation sites is 2. The van der Waals surface area contributed by atoms with Crippen LogP contribution in [0.15, 0.2) is 192 Å². The standard InChI is InChI=1S/C50H31BN2O2/c1-3-16-34(17-4-1)52(42-22-11-15-32-13-7-9-20-37(32)42)36-26-27-39-40-30-48-41(31-47(40)55-46(39)29-36)51-49-38-21-10-8-14-33(38)25-28-44(49)53(35-18-5-2-6-19-35)43-23-12-24-45(54-48)50(43)51/h1-31H. The summed E-state index contributed by atoms with van der Waals surface area (Å²) >= 11 is 0. The second-order valence-corrected chi connectivity index (χ2v) is 14.5. The molecule has 0 atom stereocenters. The topological polar surface area (TPSA) is 28.9 Å². The number of furan rings is 1. The fourth-order valence-electron chi connectivity index (χ4n) is 9.12. The summed E-state index contributed by atoms with van der Waals surface area (Å²) in [4.78, 5) is 4.71. The van der Waals surface area contributed by atoms with Crippen LogP contribution in [0.3, 0.4) is 0 Å². The minimum absolute atomic E-state index is 0.0517. The predicted octanol–water partition coefficient (Wildman–Crippen LogP) is 11.8. The molecule has 3 heterocycles. The van der Waals surface area contributed by atoms with Gasteiger partial charge >= 0.3 is 0 Å². The summed E-state index contributed by atoms with van der Waals surface area (Å²) in [5.41, 5.74) is 11.9. The molecule has 0 amide bonds. The van der Waals surface area contributed by atoms with Crippen LogP contribution in [0.2, 0.25) is 0 Å². The molecule has 0 radical (unpaired) electrons. The van der Waals surface area contributed by atoms with Crippen LogP contribution in [-0.2, 0) is 0 Å². The van der Waals surface area contributed by atoms with Crippen molar-refractivity contribution in [2.75, 3.05) is 9.80 Å². The predicted molar refractivity (Wildman–Crippen MR) is 229 cm³/mol. The van der Waals surface area contributed by atoms with Crippen LogP contribution in [0, 0.1) is 0 Å². The van der Waals surface area contributed by atoms with Crippen molar-refractivity contribution in [3.05, 3.63) is 188 Å². The average molecular weight is 703 g/mol. The maximum absolute atomic E-state index is 6.90. The molecule has 0 aliphatic carbocycles. The molecule has 1 aromatic heterocycles. The van der Waals surface area contributed by atoms with Gasteiger partial charge in [-0.25, -0.2) is 0 Å². The zero-order valence-electron chi connectivity index (χ0n) is 29.7. The number of rotatable bonds is 4. The minimum atomic E-state index is -0.0517. The molecule has 5 heteroatoms. The number of hydrogen-bond donors (Lipinski definition) is 0. The molecule has 2 aliphatic rings. The highest BCUT2D eigenvalue weighted by atomic mass is 16.5. The Balaban J connectivity index is 1.07. The van der Waals surface area contributed by atoms with E-state index in [2.05, 4.69) is 198 Å². The van der Waals surface area contributed by atoms with Gasteiger partial charge in [-0.05, 0) is 105 Å². The Morgan fingerprint density at radius 3 is 1.98 bits per heavy atom. The Morgan fingerprint density at radius 2 is 1.13 bits per heavy atom. The molecule has 0 bridgehead atoms. The van der Waals surface area contributed by atoms with Crippen molar-refractivity contribution in [1.29, 1.82) is 0 Å². The SMILES string of the molecule is c1ccc(N2c3cccc4c3B(c3cc5oc6cc(N(c7ccccc7)c7cccc8ccccc78)ccc6c5cc3O4)c3c2ccc2ccccc32)cc1. The zero-order chi connectivity index (χ0) is 36.0. The largest absolute Gasteiger partial charge is 0.458 e. The Hall–Kier alpha value is -7.24. The molecular formula is C50H31BN2O2. The normalized spacial score (nSPS) is 12.8. The molecule has 12 rings (SSSR count). The highest BCUT2D eigenvalue weighted by Gasteiger charge is 2.43. The van der Waals surface area contributed by atoms with E-state index < -0.39 is 0 Å². The van der Waals surface area contributed by atoms with Crippen molar-refractivity contribution >= 4 is 101 Å². The second-order valence-electron chi connectivity index (χ2n) is 14.5. The zero-order valence-corrected chi connectivity index (χ0v) is 29.7. The van der Waals surface area contributed by atoms with Crippen LogP contribution in [0.4, 0.5) is 34.1 Å². The first-order chi connectivity index (χ1) is 27.3. The summed E-state index contributed by atoms with van der Waals surface area (Å²) in [6.45, 7) is -0.0517. The van der Waals surface area contributed by atoms with Crippen molar-refractivity contribution in [2.24, 2.45) is 0 Å². The summed E-state index contributed by atoms with van der Waals surface area (Å²) in [7, 11) is 0. The summed E-state index contributed by atoms with van der Waals surface area (Å²) in [6.07, 6.45) is 0. The van der Waals surface area contributed by atoms with Gasteiger partial charge in [-0.15, -0.1) is 0 Å². The summed E-state index contributed by atoms with van der Waals surface area (Å²) in [6, 6.07) is 67.0. The first-order valence-electron chi connectivity index (χ1n) is 18.8. The molecule has 10 aromatic rings. The number of benzene rings is 9. The monoisotopic (exact) mass is 702 g/mol. The highest BCUT2D eigenvalue weighted by Crippen LogP contribution is 2.45. The summed E-state index contributed by atoms with van der Waals surface area (Å²) in [5.74, 6) is 1.75. The van der Waals surface area contributed by atoms with Crippen molar-refractivity contribution in [1.82, 2.24) is 0 Å². The molecule has 4 nitrogen and oxygen atoms in total. The molecule has 0 saturated carbocycles. The van der Waals surface area contributed by atoms with Crippen LogP contribution in [0.5, 0.6) is 11.5 Å². The van der Waals surface area contributed by atoms with Crippen molar-refractivity contribution in [2.45, 2.75) is 0 Å². The van der Waals surface area contributed by atoms with Crippen LogP contribution in [0.1, 0.15) is 0 Å². The number of nitrogens with zero attached hydrogens (tertiary/aromatic N) is 2. The van der Waals surface area contributed by atoms with E-state index in [1.807, 2.05) is 0 Å². The minimum Gasteiger partial charge on any atom is -0.458 e. The number of ether oxygens (including phenoxy) is 1. The molecule has 0 spiro atoms. The van der Waals surface area contributed by atoms with Gasteiger partial charge in [-0.1, -0.05) is 109 Å². The second kappa shape index (κ2) is 11.6. The molecule has 0 fully saturated rings. The molecule has 0 saturated heterocycles. The van der Waals surface area contributed by atoms with Crippen LogP contribution >= 0.6 is 0 Å². The van der Waals surface area contributed by atoms with Crippen molar-refractivity contribution < 1.29 is 9.15 Å². The molecule has 9 aromatic carbocycles. The third-order valence-corrected chi connectivity index (χ3v) is 11.5. The third kappa shape index (κ3) is 4.47. The van der Waals surface area contributed by atoms with E-state index in [0.29, 0.717) is 0 Å². The van der Waals surface area contributed by atoms with Crippen LogP contribution in [0.25, 0.3) is 43.5 Å². The molecule has 0 unspecified atom stereocenters. The van der Waals surface area contributed by atoms with Crippen LogP contribution in [-0.4, -0.2) is 6.71 Å². The van der Waals surface area contributed by atoms with E-state index in [1.165, 1.54) is 38.2 Å². The molecule has 0 N–H and O–H groups in total. The van der Waals surface area contributed by atoms with Crippen molar-refractivity contribution in [3.63, 3.8) is 0 Å². The first kappa shape index (κ1) is 30.2. The number of hydrogen-bond acceptors (Lipinski definition) is 4. The Labute approximate surface area is 318 Å². The van der Waals surface area contributed by atoms with Crippen molar-refractivity contribution in [3.8, 4) is 11.5 Å². The van der Waals surface area contributed by atoms with Gasteiger partial charge in [0.1, 0.15) is 22.7 Å². The molecule has 256 valence electrons.